The number of benzene rings is 2. The minimum Gasteiger partial charge on any atom is -0.504 e. The van der Waals surface area contributed by atoms with E-state index in [1.54, 1.807) is 19.2 Å². The van der Waals surface area contributed by atoms with E-state index >= 15 is 0 Å². The fourth-order valence-electron chi connectivity index (χ4n) is 4.79. The Morgan fingerprint density at radius 3 is 2.53 bits per heavy atom. The van der Waals surface area contributed by atoms with Gasteiger partial charge in [0.15, 0.2) is 17.3 Å². The Bertz CT molecular complexity index is 1230. The zero-order valence-electron chi connectivity index (χ0n) is 18.1. The van der Waals surface area contributed by atoms with Gasteiger partial charge in [-0.05, 0) is 54.7 Å². The van der Waals surface area contributed by atoms with E-state index in [2.05, 4.69) is 10.5 Å². The van der Waals surface area contributed by atoms with Crippen LogP contribution in [0.3, 0.4) is 0 Å². The number of hydrogen-bond acceptors (Lipinski definition) is 7. The second kappa shape index (κ2) is 7.75. The monoisotopic (exact) mass is 432 g/mol. The third-order valence-corrected chi connectivity index (χ3v) is 6.38. The number of carbonyl (C=O) groups is 1. The number of Topliss-reactive ketones (excluding diaryl/α,β-unsaturated/α-hetero) is 1. The molecular formula is C25H24N2O5. The minimum absolute atomic E-state index is 0.0520. The highest BCUT2D eigenvalue weighted by Crippen LogP contribution is 2.49. The van der Waals surface area contributed by atoms with Crippen molar-refractivity contribution < 1.29 is 23.9 Å². The molecule has 2 heterocycles. The van der Waals surface area contributed by atoms with E-state index in [4.69, 9.17) is 14.0 Å². The third kappa shape index (κ3) is 3.21. The van der Waals surface area contributed by atoms with Crippen molar-refractivity contribution in [3.8, 4) is 17.2 Å². The van der Waals surface area contributed by atoms with E-state index in [1.165, 1.54) is 7.11 Å². The van der Waals surface area contributed by atoms with Crippen LogP contribution in [0.2, 0.25) is 0 Å². The molecule has 1 aliphatic carbocycles. The smallest absolute Gasteiger partial charge is 0.233 e. The molecule has 2 aliphatic rings. The second-order valence-electron chi connectivity index (χ2n) is 8.19. The van der Waals surface area contributed by atoms with Crippen molar-refractivity contribution in [1.82, 2.24) is 5.16 Å². The molecule has 0 unspecified atom stereocenters. The summed E-state index contributed by atoms with van der Waals surface area (Å²) in [5.74, 6) is 1.56. The number of phenols is 1. The van der Waals surface area contributed by atoms with Crippen LogP contribution in [0.5, 0.6) is 17.2 Å². The summed E-state index contributed by atoms with van der Waals surface area (Å²) in [5.41, 5.74) is 5.07. The predicted molar refractivity (Wildman–Crippen MR) is 118 cm³/mol. The third-order valence-electron chi connectivity index (χ3n) is 6.38. The largest absolute Gasteiger partial charge is 0.504 e. The lowest BCUT2D eigenvalue weighted by atomic mass is 9.72. The van der Waals surface area contributed by atoms with Crippen LogP contribution in [0, 0.1) is 6.92 Å². The highest BCUT2D eigenvalue weighted by molar-refractivity contribution is 6.01. The number of phenolic OH excluding ortho intramolecular Hbond substituents is 1. The van der Waals surface area contributed by atoms with E-state index in [0.29, 0.717) is 24.5 Å². The first-order chi connectivity index (χ1) is 15.5. The lowest BCUT2D eigenvalue weighted by Gasteiger charge is -2.34. The number of allylic oxidation sites excluding steroid dienone is 2. The van der Waals surface area contributed by atoms with Crippen LogP contribution >= 0.6 is 0 Å². The van der Waals surface area contributed by atoms with Gasteiger partial charge in [0.25, 0.3) is 0 Å². The average molecular weight is 432 g/mol. The van der Waals surface area contributed by atoms with Crippen LogP contribution in [-0.2, 0) is 4.79 Å². The molecule has 7 heteroatoms. The molecule has 7 nitrogen and oxygen atoms in total. The molecule has 0 bridgehead atoms. The van der Waals surface area contributed by atoms with Crippen LogP contribution < -0.4 is 14.8 Å². The number of ketones is 1. The summed E-state index contributed by atoms with van der Waals surface area (Å²) >= 11 is 0. The van der Waals surface area contributed by atoms with Crippen molar-refractivity contribution in [2.75, 3.05) is 19.5 Å². The molecule has 0 saturated carbocycles. The molecule has 2 atom stereocenters. The summed E-state index contributed by atoms with van der Waals surface area (Å²) in [4.78, 5) is 13.5. The van der Waals surface area contributed by atoms with Gasteiger partial charge in [-0.25, -0.2) is 0 Å². The van der Waals surface area contributed by atoms with Gasteiger partial charge in [-0.15, -0.1) is 0 Å². The van der Waals surface area contributed by atoms with Gasteiger partial charge < -0.3 is 24.4 Å². The Labute approximate surface area is 185 Å². The lowest BCUT2D eigenvalue weighted by Crippen LogP contribution is -2.29. The van der Waals surface area contributed by atoms with E-state index in [-0.39, 0.29) is 23.4 Å². The zero-order chi connectivity index (χ0) is 22.4. The Morgan fingerprint density at radius 2 is 1.81 bits per heavy atom. The van der Waals surface area contributed by atoms with E-state index < -0.39 is 0 Å². The van der Waals surface area contributed by atoms with Crippen molar-refractivity contribution in [3.63, 3.8) is 0 Å². The molecule has 164 valence electrons. The van der Waals surface area contributed by atoms with Crippen molar-refractivity contribution >= 4 is 11.7 Å². The lowest BCUT2D eigenvalue weighted by molar-refractivity contribution is -0.116. The van der Waals surface area contributed by atoms with Crippen molar-refractivity contribution in [1.29, 1.82) is 0 Å². The highest BCUT2D eigenvalue weighted by Gasteiger charge is 2.41. The minimum atomic E-state index is -0.341. The van der Waals surface area contributed by atoms with Gasteiger partial charge in [0.05, 0.1) is 25.5 Å². The summed E-state index contributed by atoms with van der Waals surface area (Å²) in [6, 6.07) is 13.0. The Balaban J connectivity index is 1.59. The first-order valence-electron chi connectivity index (χ1n) is 10.5. The molecule has 2 aromatic carbocycles. The fourth-order valence-corrected chi connectivity index (χ4v) is 4.79. The number of aromatic nitrogens is 1. The van der Waals surface area contributed by atoms with Crippen LogP contribution in [0.15, 0.2) is 58.3 Å². The number of aryl methyl sites for hydroxylation is 1. The van der Waals surface area contributed by atoms with Gasteiger partial charge in [0.2, 0.25) is 5.88 Å². The second-order valence-corrected chi connectivity index (χ2v) is 8.19. The van der Waals surface area contributed by atoms with Gasteiger partial charge in [-0.2, -0.15) is 0 Å². The summed E-state index contributed by atoms with van der Waals surface area (Å²) in [6.45, 7) is 1.87. The molecule has 1 aromatic heterocycles. The zero-order valence-corrected chi connectivity index (χ0v) is 18.1. The number of ether oxygens (including phenoxy) is 2. The SMILES string of the molecule is COc1ccc([C@H]2CC(=O)C3=C(C2)Nc2onc(C)c2[C@@H]3c2ccc(O)c(OC)c2)cc1. The van der Waals surface area contributed by atoms with Gasteiger partial charge in [0, 0.05) is 23.6 Å². The van der Waals surface area contributed by atoms with Gasteiger partial charge >= 0.3 is 0 Å². The number of aromatic hydroxyl groups is 1. The Kier molecular flexibility index (Phi) is 4.89. The number of nitrogens with zero attached hydrogens (tertiary/aromatic N) is 1. The maximum absolute atomic E-state index is 13.5. The van der Waals surface area contributed by atoms with E-state index in [1.807, 2.05) is 37.3 Å². The van der Waals surface area contributed by atoms with Gasteiger partial charge in [0.1, 0.15) is 5.75 Å². The van der Waals surface area contributed by atoms with Crippen LogP contribution in [0.1, 0.15) is 47.1 Å². The number of nitrogens with one attached hydrogen (secondary N) is 1. The quantitative estimate of drug-likeness (QED) is 0.619. The van der Waals surface area contributed by atoms with Crippen LogP contribution in [0.25, 0.3) is 0 Å². The molecule has 0 fully saturated rings. The van der Waals surface area contributed by atoms with Gasteiger partial charge in [-0.3, -0.25) is 4.79 Å². The molecule has 32 heavy (non-hydrogen) atoms. The molecule has 0 radical (unpaired) electrons. The fraction of sp³-hybridized carbons (Fsp3) is 0.280. The normalized spacial score (nSPS) is 19.8. The maximum Gasteiger partial charge on any atom is 0.233 e. The van der Waals surface area contributed by atoms with Crippen molar-refractivity contribution in [2.24, 2.45) is 0 Å². The number of carbonyl (C=O) groups excluding carboxylic acids is 1. The summed E-state index contributed by atoms with van der Waals surface area (Å²) in [6.07, 6.45) is 1.09. The molecule has 3 aromatic rings. The first-order valence-corrected chi connectivity index (χ1v) is 10.5. The van der Waals surface area contributed by atoms with Crippen LogP contribution in [0.4, 0.5) is 5.88 Å². The Hall–Kier alpha value is -3.74. The molecule has 1 aliphatic heterocycles. The first kappa shape index (κ1) is 20.2. The predicted octanol–water partition coefficient (Wildman–Crippen LogP) is 4.66. The van der Waals surface area contributed by atoms with Crippen LogP contribution in [-0.4, -0.2) is 30.3 Å². The molecular weight excluding hydrogens is 408 g/mol. The number of hydrogen-bond donors (Lipinski definition) is 2. The number of anilines is 1. The average Bonchev–Trinajstić information content (AvgIpc) is 3.18. The summed E-state index contributed by atoms with van der Waals surface area (Å²) in [5, 5.41) is 17.5. The van der Waals surface area contributed by atoms with E-state index in [9.17, 15) is 9.90 Å². The van der Waals surface area contributed by atoms with Gasteiger partial charge in [-0.1, -0.05) is 23.4 Å². The maximum atomic E-state index is 13.5. The summed E-state index contributed by atoms with van der Waals surface area (Å²) in [7, 11) is 3.14. The molecule has 0 amide bonds. The molecule has 5 rings (SSSR count). The van der Waals surface area contributed by atoms with Crippen molar-refractivity contribution in [3.05, 3.63) is 76.1 Å². The molecule has 0 saturated heterocycles. The number of methoxy groups -OCH3 is 2. The Morgan fingerprint density at radius 1 is 1.06 bits per heavy atom. The standard InChI is InChI=1S/C25H24N2O5/c1-13-22-23(15-6-9-19(28)21(12-15)31-3)24-18(26-25(22)32-27-13)10-16(11-20(24)29)14-4-7-17(30-2)8-5-14/h4-9,12,16,23,26,28H,10-11H2,1-3H3/t16-,23+/m1/s1. The highest BCUT2D eigenvalue weighted by atomic mass is 16.5. The van der Waals surface area contributed by atoms with Crippen molar-refractivity contribution in [2.45, 2.75) is 31.6 Å². The number of fused-ring (bicyclic) bond motifs is 1. The molecule has 0 spiro atoms. The van der Waals surface area contributed by atoms with E-state index in [0.717, 1.165) is 39.4 Å². The summed E-state index contributed by atoms with van der Waals surface area (Å²) < 4.78 is 16.1. The topological polar surface area (TPSA) is 93.8 Å². The molecule has 2 N–H and O–H groups in total. The number of rotatable bonds is 4.